The molecule has 0 radical (unpaired) electrons. The maximum absolute atomic E-state index is 11.0. The Bertz CT molecular complexity index is 976. The van der Waals surface area contributed by atoms with Crippen molar-refractivity contribution in [1.29, 1.82) is 0 Å². The average Bonchev–Trinajstić information content (AvgIpc) is 3.24. The molecule has 0 spiro atoms. The first-order valence-corrected chi connectivity index (χ1v) is 10.9. The number of amides is 1. The van der Waals surface area contributed by atoms with Crippen LogP contribution in [0.5, 0.6) is 0 Å². The fourth-order valence-corrected chi connectivity index (χ4v) is 4.96. The fourth-order valence-electron chi connectivity index (χ4n) is 4.20. The van der Waals surface area contributed by atoms with Gasteiger partial charge >= 0.3 is 0 Å². The zero-order chi connectivity index (χ0) is 19.7. The summed E-state index contributed by atoms with van der Waals surface area (Å²) in [4.78, 5) is 25.1. The third-order valence-electron chi connectivity index (χ3n) is 5.39. The Morgan fingerprint density at radius 3 is 2.93 bits per heavy atom. The Morgan fingerprint density at radius 1 is 1.36 bits per heavy atom. The molecule has 28 heavy (non-hydrogen) atoms. The highest BCUT2D eigenvalue weighted by atomic mass is 32.1. The van der Waals surface area contributed by atoms with Gasteiger partial charge < -0.3 is 9.88 Å². The van der Waals surface area contributed by atoms with Gasteiger partial charge in [-0.3, -0.25) is 9.78 Å². The zero-order valence-electron chi connectivity index (χ0n) is 16.7. The molecule has 1 amide bonds. The van der Waals surface area contributed by atoms with Crippen molar-refractivity contribution in [3.05, 3.63) is 29.2 Å². The molecule has 0 saturated heterocycles. The van der Waals surface area contributed by atoms with E-state index in [1.165, 1.54) is 0 Å². The monoisotopic (exact) mass is 397 g/mol. The highest BCUT2D eigenvalue weighted by molar-refractivity contribution is 7.13. The lowest BCUT2D eigenvalue weighted by atomic mass is 9.90. The van der Waals surface area contributed by atoms with Gasteiger partial charge in [0.05, 0.1) is 11.7 Å². The summed E-state index contributed by atoms with van der Waals surface area (Å²) >= 11 is 1.62. The fraction of sp³-hybridized carbons (Fsp3) is 0.524. The van der Waals surface area contributed by atoms with Crippen molar-refractivity contribution in [3.63, 3.8) is 0 Å². The normalized spacial score (nSPS) is 20.0. The van der Waals surface area contributed by atoms with Crippen LogP contribution in [0.3, 0.4) is 0 Å². The van der Waals surface area contributed by atoms with Gasteiger partial charge in [0, 0.05) is 29.6 Å². The molecule has 0 aliphatic heterocycles. The van der Waals surface area contributed by atoms with Crippen molar-refractivity contribution in [1.82, 2.24) is 24.8 Å². The SMILES string of the molecule is Cc1csc(-c2cc3c(cn2)nc(CC(C)C)n3C2CCCC(NC=O)C2)n1. The number of pyridine rings is 1. The van der Waals surface area contributed by atoms with E-state index in [1.807, 2.05) is 13.1 Å². The summed E-state index contributed by atoms with van der Waals surface area (Å²) in [6.07, 6.45) is 7.87. The van der Waals surface area contributed by atoms with Crippen LogP contribution >= 0.6 is 11.3 Å². The molecule has 0 aromatic carbocycles. The molecule has 4 rings (SSSR count). The second kappa shape index (κ2) is 7.99. The number of hydrogen-bond donors (Lipinski definition) is 1. The predicted molar refractivity (Wildman–Crippen MR) is 112 cm³/mol. The number of rotatable bonds is 6. The van der Waals surface area contributed by atoms with E-state index in [1.54, 1.807) is 11.3 Å². The molecular formula is C21H27N5OS. The minimum Gasteiger partial charge on any atom is -0.356 e. The third-order valence-corrected chi connectivity index (χ3v) is 6.38. The van der Waals surface area contributed by atoms with Gasteiger partial charge in [0.25, 0.3) is 0 Å². The van der Waals surface area contributed by atoms with E-state index < -0.39 is 0 Å². The van der Waals surface area contributed by atoms with Crippen LogP contribution < -0.4 is 5.32 Å². The molecule has 0 bridgehead atoms. The van der Waals surface area contributed by atoms with Crippen molar-refractivity contribution in [3.8, 4) is 10.7 Å². The summed E-state index contributed by atoms with van der Waals surface area (Å²) in [5, 5.41) is 5.99. The second-order valence-corrected chi connectivity index (χ2v) is 9.01. The van der Waals surface area contributed by atoms with Crippen LogP contribution in [0.15, 0.2) is 17.6 Å². The number of aromatic nitrogens is 4. The van der Waals surface area contributed by atoms with Gasteiger partial charge in [0.1, 0.15) is 22.0 Å². The Morgan fingerprint density at radius 2 is 2.21 bits per heavy atom. The first-order chi connectivity index (χ1) is 13.5. The number of nitrogens with zero attached hydrogens (tertiary/aromatic N) is 4. The van der Waals surface area contributed by atoms with Crippen molar-refractivity contribution in [2.24, 2.45) is 5.92 Å². The minimum absolute atomic E-state index is 0.239. The smallest absolute Gasteiger partial charge is 0.207 e. The number of fused-ring (bicyclic) bond motifs is 1. The van der Waals surface area contributed by atoms with E-state index in [9.17, 15) is 4.79 Å². The van der Waals surface area contributed by atoms with Gasteiger partial charge in [-0.25, -0.2) is 9.97 Å². The van der Waals surface area contributed by atoms with Crippen LogP contribution in [-0.4, -0.2) is 32.0 Å². The molecule has 3 aromatic heterocycles. The van der Waals surface area contributed by atoms with E-state index in [2.05, 4.69) is 45.1 Å². The first kappa shape index (κ1) is 19.1. The molecule has 1 aliphatic carbocycles. The van der Waals surface area contributed by atoms with Crippen LogP contribution in [-0.2, 0) is 11.2 Å². The lowest BCUT2D eigenvalue weighted by molar-refractivity contribution is -0.110. The zero-order valence-corrected chi connectivity index (χ0v) is 17.5. The van der Waals surface area contributed by atoms with Crippen molar-refractivity contribution < 1.29 is 4.79 Å². The average molecular weight is 398 g/mol. The van der Waals surface area contributed by atoms with Crippen molar-refractivity contribution in [2.45, 2.75) is 65.0 Å². The third kappa shape index (κ3) is 3.81. The summed E-state index contributed by atoms with van der Waals surface area (Å²) in [5.74, 6) is 1.65. The maximum Gasteiger partial charge on any atom is 0.207 e. The summed E-state index contributed by atoms with van der Waals surface area (Å²) < 4.78 is 2.42. The molecule has 1 aliphatic rings. The molecule has 3 aromatic rings. The van der Waals surface area contributed by atoms with Crippen LogP contribution in [0.1, 0.15) is 57.1 Å². The molecule has 1 fully saturated rings. The van der Waals surface area contributed by atoms with Crippen LogP contribution in [0.4, 0.5) is 0 Å². The molecule has 6 nitrogen and oxygen atoms in total. The predicted octanol–water partition coefficient (Wildman–Crippen LogP) is 4.29. The quantitative estimate of drug-likeness (QED) is 0.630. The molecule has 2 atom stereocenters. The lowest BCUT2D eigenvalue weighted by Crippen LogP contribution is -2.34. The highest BCUT2D eigenvalue weighted by Gasteiger charge is 2.27. The van der Waals surface area contributed by atoms with Gasteiger partial charge in [0.2, 0.25) is 6.41 Å². The van der Waals surface area contributed by atoms with E-state index >= 15 is 0 Å². The van der Waals surface area contributed by atoms with E-state index in [0.29, 0.717) is 12.0 Å². The topological polar surface area (TPSA) is 72.7 Å². The van der Waals surface area contributed by atoms with Gasteiger partial charge in [0.15, 0.2) is 0 Å². The summed E-state index contributed by atoms with van der Waals surface area (Å²) in [6, 6.07) is 2.73. The Hall–Kier alpha value is -2.28. The number of aryl methyl sites for hydroxylation is 1. The number of carbonyl (C=O) groups excluding carboxylic acids is 1. The van der Waals surface area contributed by atoms with Crippen LogP contribution in [0.25, 0.3) is 21.7 Å². The Kier molecular flexibility index (Phi) is 5.44. The largest absolute Gasteiger partial charge is 0.356 e. The molecule has 148 valence electrons. The highest BCUT2D eigenvalue weighted by Crippen LogP contribution is 2.34. The van der Waals surface area contributed by atoms with Crippen molar-refractivity contribution >= 4 is 28.8 Å². The number of thiazole rings is 1. The van der Waals surface area contributed by atoms with Gasteiger partial charge in [-0.2, -0.15) is 0 Å². The molecule has 1 saturated carbocycles. The van der Waals surface area contributed by atoms with Crippen molar-refractivity contribution in [2.75, 3.05) is 0 Å². The van der Waals surface area contributed by atoms with Crippen LogP contribution in [0.2, 0.25) is 0 Å². The number of imidazole rings is 1. The van der Waals surface area contributed by atoms with E-state index in [4.69, 9.17) is 4.98 Å². The number of hydrogen-bond acceptors (Lipinski definition) is 5. The minimum atomic E-state index is 0.239. The summed E-state index contributed by atoms with van der Waals surface area (Å²) in [7, 11) is 0. The molecule has 2 unspecified atom stereocenters. The van der Waals surface area contributed by atoms with E-state index in [-0.39, 0.29) is 6.04 Å². The van der Waals surface area contributed by atoms with Crippen LogP contribution in [0, 0.1) is 12.8 Å². The molecule has 1 N–H and O–H groups in total. The number of nitrogens with one attached hydrogen (secondary N) is 1. The summed E-state index contributed by atoms with van der Waals surface area (Å²) in [5.41, 5.74) is 4.00. The standard InChI is InChI=1S/C21H27N5OS/c1-13(2)7-20-25-18-10-22-17(21-24-14(3)11-28-21)9-19(18)26(20)16-6-4-5-15(8-16)23-12-27/h9-13,15-16H,4-8H2,1-3H3,(H,23,27). The van der Waals surface area contributed by atoms with Gasteiger partial charge in [-0.05, 0) is 44.6 Å². The maximum atomic E-state index is 11.0. The Labute approximate surface area is 169 Å². The van der Waals surface area contributed by atoms with Gasteiger partial charge in [-0.1, -0.05) is 13.8 Å². The lowest BCUT2D eigenvalue weighted by Gasteiger charge is -2.31. The summed E-state index contributed by atoms with van der Waals surface area (Å²) in [6.45, 7) is 6.46. The molecule has 7 heteroatoms. The second-order valence-electron chi connectivity index (χ2n) is 8.15. The Balaban J connectivity index is 1.79. The van der Waals surface area contributed by atoms with E-state index in [0.717, 1.165) is 71.8 Å². The first-order valence-electron chi connectivity index (χ1n) is 10.0. The molecular weight excluding hydrogens is 370 g/mol. The van der Waals surface area contributed by atoms with Gasteiger partial charge in [-0.15, -0.1) is 11.3 Å². The number of carbonyl (C=O) groups is 1. The molecule has 3 heterocycles.